The molecule has 1 amide bonds. The third kappa shape index (κ3) is 8.70. The van der Waals surface area contributed by atoms with Gasteiger partial charge in [-0.2, -0.15) is 0 Å². The van der Waals surface area contributed by atoms with Crippen LogP contribution in [0.15, 0.2) is 52.1 Å². The average Bonchev–Trinajstić information content (AvgIpc) is 2.64. The first kappa shape index (κ1) is 23.4. The average molecular weight is 546 g/mol. The van der Waals surface area contributed by atoms with Gasteiger partial charge in [-0.3, -0.25) is 14.8 Å². The summed E-state index contributed by atoms with van der Waals surface area (Å²) in [7, 11) is 1.71. The molecular formula is C19H25BrIN5O. The fraction of sp³-hybridized carbons (Fsp3) is 0.316. The zero-order chi connectivity index (χ0) is 18.8. The van der Waals surface area contributed by atoms with E-state index in [1.165, 1.54) is 0 Å². The number of guanidine groups is 1. The van der Waals surface area contributed by atoms with Crippen molar-refractivity contribution in [1.29, 1.82) is 0 Å². The number of aliphatic imine (C=N–C) groups is 1. The summed E-state index contributed by atoms with van der Waals surface area (Å²) in [6.45, 7) is 3.19. The number of pyridine rings is 1. The molecule has 6 nitrogen and oxygen atoms in total. The summed E-state index contributed by atoms with van der Waals surface area (Å²) in [6.07, 6.45) is 2.95. The minimum atomic E-state index is -0.0392. The molecule has 0 fully saturated rings. The van der Waals surface area contributed by atoms with Crippen molar-refractivity contribution in [2.75, 3.05) is 25.5 Å². The van der Waals surface area contributed by atoms with Crippen molar-refractivity contribution in [3.63, 3.8) is 0 Å². The van der Waals surface area contributed by atoms with Gasteiger partial charge in [-0.15, -0.1) is 24.0 Å². The predicted molar refractivity (Wildman–Crippen MR) is 125 cm³/mol. The highest BCUT2D eigenvalue weighted by atomic mass is 127. The topological polar surface area (TPSA) is 78.4 Å². The Kier molecular flexibility index (Phi) is 11.0. The molecule has 0 unspecified atom stereocenters. The lowest BCUT2D eigenvalue weighted by Crippen LogP contribution is -2.39. The summed E-state index contributed by atoms with van der Waals surface area (Å²) in [4.78, 5) is 20.6. The van der Waals surface area contributed by atoms with Gasteiger partial charge < -0.3 is 16.0 Å². The molecule has 2 aromatic rings. The molecule has 0 spiro atoms. The highest BCUT2D eigenvalue weighted by Crippen LogP contribution is 2.20. The van der Waals surface area contributed by atoms with E-state index in [1.54, 1.807) is 13.2 Å². The molecule has 0 radical (unpaired) electrons. The Morgan fingerprint density at radius 3 is 2.67 bits per heavy atom. The quantitative estimate of drug-likeness (QED) is 0.283. The fourth-order valence-corrected chi connectivity index (χ4v) is 2.67. The van der Waals surface area contributed by atoms with Crippen LogP contribution in [0.1, 0.15) is 17.7 Å². The molecule has 8 heteroatoms. The molecule has 0 saturated heterocycles. The van der Waals surface area contributed by atoms with Crippen LogP contribution in [0, 0.1) is 6.92 Å². The first-order chi connectivity index (χ1) is 12.6. The number of nitrogens with one attached hydrogen (secondary N) is 3. The summed E-state index contributed by atoms with van der Waals surface area (Å²) in [5.41, 5.74) is 2.88. The molecule has 146 valence electrons. The van der Waals surface area contributed by atoms with Crippen LogP contribution in [0.2, 0.25) is 0 Å². The molecule has 1 aromatic heterocycles. The van der Waals surface area contributed by atoms with Crippen molar-refractivity contribution in [2.45, 2.75) is 19.8 Å². The minimum Gasteiger partial charge on any atom is -0.356 e. The number of anilines is 1. The summed E-state index contributed by atoms with van der Waals surface area (Å²) in [6, 6.07) is 11.7. The van der Waals surface area contributed by atoms with Crippen molar-refractivity contribution in [3.8, 4) is 0 Å². The third-order valence-electron chi connectivity index (χ3n) is 3.74. The van der Waals surface area contributed by atoms with Gasteiger partial charge in [-0.05, 0) is 36.8 Å². The number of aromatic nitrogens is 1. The van der Waals surface area contributed by atoms with Gasteiger partial charge in [0.2, 0.25) is 5.91 Å². The number of benzene rings is 1. The maximum Gasteiger partial charge on any atom is 0.226 e. The maximum atomic E-state index is 12.1. The number of aryl methyl sites for hydroxylation is 1. The third-order valence-corrected chi connectivity index (χ3v) is 4.23. The Morgan fingerprint density at radius 1 is 1.19 bits per heavy atom. The second-order valence-corrected chi connectivity index (χ2v) is 6.67. The van der Waals surface area contributed by atoms with Crippen molar-refractivity contribution in [3.05, 3.63) is 58.3 Å². The molecular weight excluding hydrogens is 521 g/mol. The van der Waals surface area contributed by atoms with Crippen LogP contribution in [0.25, 0.3) is 0 Å². The van der Waals surface area contributed by atoms with Crippen molar-refractivity contribution >= 4 is 57.5 Å². The standard InChI is InChI=1S/C19H24BrN5O.HI/c1-14-6-7-15(20)13-17(14)25-18(26)9-12-24-19(21-2)23-11-8-16-5-3-4-10-22-16;/h3-7,10,13H,8-9,11-12H2,1-2H3,(H,25,26)(H2,21,23,24);1H. The summed E-state index contributed by atoms with van der Waals surface area (Å²) < 4.78 is 0.939. The smallest absolute Gasteiger partial charge is 0.226 e. The number of carbonyl (C=O) groups is 1. The normalized spacial score (nSPS) is 10.7. The van der Waals surface area contributed by atoms with Crippen molar-refractivity contribution in [2.24, 2.45) is 4.99 Å². The number of nitrogens with zero attached hydrogens (tertiary/aromatic N) is 2. The summed E-state index contributed by atoms with van der Waals surface area (Å²) in [5.74, 6) is 0.634. The van der Waals surface area contributed by atoms with Gasteiger partial charge >= 0.3 is 0 Å². The summed E-state index contributed by atoms with van der Waals surface area (Å²) in [5, 5.41) is 9.30. The lowest BCUT2D eigenvalue weighted by molar-refractivity contribution is -0.116. The molecule has 2 rings (SSSR count). The molecule has 27 heavy (non-hydrogen) atoms. The Labute approximate surface area is 185 Å². The zero-order valence-corrected chi connectivity index (χ0v) is 19.4. The molecule has 0 aliphatic rings. The predicted octanol–water partition coefficient (Wildman–Crippen LogP) is 3.51. The Bertz CT molecular complexity index is 755. The summed E-state index contributed by atoms with van der Waals surface area (Å²) >= 11 is 3.42. The van der Waals surface area contributed by atoms with Crippen molar-refractivity contribution < 1.29 is 4.79 Å². The van der Waals surface area contributed by atoms with Gasteiger partial charge in [-0.25, -0.2) is 0 Å². The number of rotatable bonds is 7. The number of hydrogen-bond donors (Lipinski definition) is 3. The van der Waals surface area contributed by atoms with Crippen LogP contribution >= 0.6 is 39.9 Å². The van der Waals surface area contributed by atoms with E-state index < -0.39 is 0 Å². The van der Waals surface area contributed by atoms with Crippen molar-refractivity contribution in [1.82, 2.24) is 15.6 Å². The van der Waals surface area contributed by atoms with E-state index in [-0.39, 0.29) is 29.9 Å². The lowest BCUT2D eigenvalue weighted by Gasteiger charge is -2.12. The number of carbonyl (C=O) groups excluding carboxylic acids is 1. The first-order valence-corrected chi connectivity index (χ1v) is 9.28. The molecule has 0 saturated carbocycles. The highest BCUT2D eigenvalue weighted by Gasteiger charge is 2.06. The number of halogens is 2. The highest BCUT2D eigenvalue weighted by molar-refractivity contribution is 14.0. The lowest BCUT2D eigenvalue weighted by atomic mass is 10.2. The molecule has 0 bridgehead atoms. The minimum absolute atomic E-state index is 0. The number of amides is 1. The molecule has 1 heterocycles. The second kappa shape index (κ2) is 12.7. The van der Waals surface area contributed by atoms with Crippen LogP contribution < -0.4 is 16.0 Å². The molecule has 0 aliphatic carbocycles. The van der Waals surface area contributed by atoms with Gasteiger partial charge in [0.1, 0.15) is 0 Å². The maximum absolute atomic E-state index is 12.1. The fourth-order valence-electron chi connectivity index (χ4n) is 2.31. The van der Waals surface area contributed by atoms with E-state index in [0.717, 1.165) is 34.4 Å². The SMILES string of the molecule is CN=C(NCCC(=O)Nc1cc(Br)ccc1C)NCCc1ccccn1.I. The Hall–Kier alpha value is -1.68. The molecule has 0 aliphatic heterocycles. The van der Waals surface area contributed by atoms with Crippen LogP contribution in [0.5, 0.6) is 0 Å². The van der Waals surface area contributed by atoms with Crippen LogP contribution in [0.4, 0.5) is 5.69 Å². The number of hydrogen-bond acceptors (Lipinski definition) is 3. The van der Waals surface area contributed by atoms with E-state index >= 15 is 0 Å². The van der Waals surface area contributed by atoms with E-state index in [2.05, 4.69) is 41.9 Å². The second-order valence-electron chi connectivity index (χ2n) is 5.75. The van der Waals surface area contributed by atoms with Gasteiger partial charge in [-0.1, -0.05) is 28.1 Å². The van der Waals surface area contributed by atoms with Gasteiger partial charge in [0.15, 0.2) is 5.96 Å². The van der Waals surface area contributed by atoms with E-state index in [9.17, 15) is 4.79 Å². The first-order valence-electron chi connectivity index (χ1n) is 8.49. The van der Waals surface area contributed by atoms with Gasteiger partial charge in [0.25, 0.3) is 0 Å². The van der Waals surface area contributed by atoms with Crippen LogP contribution in [-0.4, -0.2) is 37.0 Å². The van der Waals surface area contributed by atoms with E-state index in [4.69, 9.17) is 0 Å². The Morgan fingerprint density at radius 2 is 1.96 bits per heavy atom. The van der Waals surface area contributed by atoms with Crippen LogP contribution in [-0.2, 0) is 11.2 Å². The molecule has 3 N–H and O–H groups in total. The van der Waals surface area contributed by atoms with Crippen LogP contribution in [0.3, 0.4) is 0 Å². The largest absolute Gasteiger partial charge is 0.356 e. The van der Waals surface area contributed by atoms with E-state index in [0.29, 0.717) is 18.9 Å². The van der Waals surface area contributed by atoms with Gasteiger partial charge in [0, 0.05) is 55.0 Å². The molecule has 1 aromatic carbocycles. The molecule has 0 atom stereocenters. The van der Waals surface area contributed by atoms with Gasteiger partial charge in [0.05, 0.1) is 0 Å². The van der Waals surface area contributed by atoms with E-state index in [1.807, 2.05) is 43.3 Å². The zero-order valence-electron chi connectivity index (χ0n) is 15.5. The monoisotopic (exact) mass is 545 g/mol. The Balaban J connectivity index is 0.00000364.